The van der Waals surface area contributed by atoms with Gasteiger partial charge in [-0.3, -0.25) is 19.3 Å². The van der Waals surface area contributed by atoms with Crippen LogP contribution in [0.4, 0.5) is 5.69 Å². The molecule has 2 rings (SSSR count). The molecule has 24 heavy (non-hydrogen) atoms. The van der Waals surface area contributed by atoms with Crippen LogP contribution in [-0.2, 0) is 20.9 Å². The van der Waals surface area contributed by atoms with Crippen molar-refractivity contribution in [1.29, 1.82) is 0 Å². The minimum Gasteiger partial charge on any atom is -0.324 e. The molecular weight excluding hydrogens is 330 g/mol. The average molecular weight is 354 g/mol. The molecule has 3 amide bonds. The zero-order chi connectivity index (χ0) is 17.0. The number of hydrogen-bond donors (Lipinski definition) is 2. The van der Waals surface area contributed by atoms with E-state index in [0.29, 0.717) is 12.1 Å². The van der Waals surface area contributed by atoms with Crippen LogP contribution in [0, 0.1) is 0 Å². The van der Waals surface area contributed by atoms with Gasteiger partial charge in [0.2, 0.25) is 17.7 Å². The Bertz CT molecular complexity index is 615. The van der Waals surface area contributed by atoms with E-state index < -0.39 is 5.54 Å². The van der Waals surface area contributed by atoms with Gasteiger partial charge < -0.3 is 11.1 Å². The van der Waals surface area contributed by atoms with Crippen molar-refractivity contribution in [3.8, 4) is 0 Å². The number of amides is 3. The van der Waals surface area contributed by atoms with E-state index >= 15 is 0 Å². The SMILES string of the molecule is CCCC(C)(N)C(=O)Nc1ccccc1CN1C(=O)CCC1=O.Cl. The molecule has 1 heterocycles. The summed E-state index contributed by atoms with van der Waals surface area (Å²) in [6, 6.07) is 7.15. The maximum absolute atomic E-state index is 12.4. The van der Waals surface area contributed by atoms with Gasteiger partial charge in [0, 0.05) is 18.5 Å². The summed E-state index contributed by atoms with van der Waals surface area (Å²) < 4.78 is 0. The van der Waals surface area contributed by atoms with E-state index in [1.165, 1.54) is 4.90 Å². The maximum Gasteiger partial charge on any atom is 0.244 e. The third-order valence-corrected chi connectivity index (χ3v) is 4.04. The van der Waals surface area contributed by atoms with Crippen LogP contribution in [0.3, 0.4) is 0 Å². The molecule has 1 unspecified atom stereocenters. The molecule has 0 aromatic heterocycles. The number of carbonyl (C=O) groups excluding carboxylic acids is 3. The molecule has 0 saturated carbocycles. The Morgan fingerprint density at radius 1 is 1.25 bits per heavy atom. The van der Waals surface area contributed by atoms with Gasteiger partial charge in [-0.15, -0.1) is 12.4 Å². The number of nitrogens with two attached hydrogens (primary N) is 1. The van der Waals surface area contributed by atoms with E-state index in [4.69, 9.17) is 5.73 Å². The lowest BCUT2D eigenvalue weighted by atomic mass is 9.96. The number of para-hydroxylation sites is 1. The number of imide groups is 1. The molecule has 132 valence electrons. The van der Waals surface area contributed by atoms with E-state index in [0.717, 1.165) is 12.0 Å². The first kappa shape index (κ1) is 20.1. The molecule has 1 saturated heterocycles. The van der Waals surface area contributed by atoms with Crippen molar-refractivity contribution >= 4 is 35.8 Å². The summed E-state index contributed by atoms with van der Waals surface area (Å²) in [5.74, 6) is -0.623. The topological polar surface area (TPSA) is 92.5 Å². The number of hydrogen-bond acceptors (Lipinski definition) is 4. The van der Waals surface area contributed by atoms with Gasteiger partial charge in [-0.25, -0.2) is 0 Å². The Hall–Kier alpha value is -1.92. The molecule has 6 nitrogen and oxygen atoms in total. The predicted octanol–water partition coefficient (Wildman–Crippen LogP) is 2.21. The molecule has 3 N–H and O–H groups in total. The molecule has 1 aromatic carbocycles. The zero-order valence-electron chi connectivity index (χ0n) is 14.0. The highest BCUT2D eigenvalue weighted by Crippen LogP contribution is 2.22. The van der Waals surface area contributed by atoms with Gasteiger partial charge in [-0.1, -0.05) is 31.5 Å². The smallest absolute Gasteiger partial charge is 0.244 e. The van der Waals surface area contributed by atoms with Crippen molar-refractivity contribution in [3.63, 3.8) is 0 Å². The fourth-order valence-corrected chi connectivity index (χ4v) is 2.65. The van der Waals surface area contributed by atoms with Gasteiger partial charge in [0.05, 0.1) is 12.1 Å². The third kappa shape index (κ3) is 4.55. The summed E-state index contributed by atoms with van der Waals surface area (Å²) in [5, 5.41) is 2.83. The van der Waals surface area contributed by atoms with Crippen molar-refractivity contribution < 1.29 is 14.4 Å². The largest absolute Gasteiger partial charge is 0.324 e. The highest BCUT2D eigenvalue weighted by Gasteiger charge is 2.30. The van der Waals surface area contributed by atoms with Crippen LogP contribution in [-0.4, -0.2) is 28.2 Å². The fourth-order valence-electron chi connectivity index (χ4n) is 2.65. The predicted molar refractivity (Wildman–Crippen MR) is 94.6 cm³/mol. The summed E-state index contributed by atoms with van der Waals surface area (Å²) in [5.41, 5.74) is 6.39. The van der Waals surface area contributed by atoms with E-state index in [9.17, 15) is 14.4 Å². The Morgan fingerprint density at radius 2 is 1.83 bits per heavy atom. The summed E-state index contributed by atoms with van der Waals surface area (Å²) >= 11 is 0. The van der Waals surface area contributed by atoms with Crippen molar-refractivity contribution in [3.05, 3.63) is 29.8 Å². The summed E-state index contributed by atoms with van der Waals surface area (Å²) in [6.45, 7) is 3.84. The van der Waals surface area contributed by atoms with E-state index in [-0.39, 0.29) is 49.5 Å². The minimum atomic E-state index is -0.957. The molecule has 7 heteroatoms. The molecule has 0 radical (unpaired) electrons. The summed E-state index contributed by atoms with van der Waals surface area (Å²) in [4.78, 5) is 37.1. The van der Waals surface area contributed by atoms with Crippen LogP contribution in [0.1, 0.15) is 45.1 Å². The number of nitrogens with zero attached hydrogens (tertiary/aromatic N) is 1. The van der Waals surface area contributed by atoms with Gasteiger partial charge in [-0.2, -0.15) is 0 Å². The van der Waals surface area contributed by atoms with Crippen molar-refractivity contribution in [1.82, 2.24) is 4.90 Å². The monoisotopic (exact) mass is 353 g/mol. The maximum atomic E-state index is 12.4. The number of anilines is 1. The van der Waals surface area contributed by atoms with Gasteiger partial charge in [-0.05, 0) is 25.0 Å². The van der Waals surface area contributed by atoms with Crippen molar-refractivity contribution in [2.24, 2.45) is 5.73 Å². The van der Waals surface area contributed by atoms with Gasteiger partial charge in [0.15, 0.2) is 0 Å². The highest BCUT2D eigenvalue weighted by molar-refractivity contribution is 6.02. The molecule has 0 bridgehead atoms. The second-order valence-corrected chi connectivity index (χ2v) is 6.15. The van der Waals surface area contributed by atoms with E-state index in [1.54, 1.807) is 25.1 Å². The van der Waals surface area contributed by atoms with Gasteiger partial charge >= 0.3 is 0 Å². The van der Waals surface area contributed by atoms with Crippen LogP contribution < -0.4 is 11.1 Å². The zero-order valence-corrected chi connectivity index (χ0v) is 14.8. The van der Waals surface area contributed by atoms with Crippen LogP contribution in [0.15, 0.2) is 24.3 Å². The lowest BCUT2D eigenvalue weighted by molar-refractivity contribution is -0.139. The third-order valence-electron chi connectivity index (χ3n) is 4.04. The van der Waals surface area contributed by atoms with Crippen LogP contribution in [0.5, 0.6) is 0 Å². The average Bonchev–Trinajstić information content (AvgIpc) is 2.81. The van der Waals surface area contributed by atoms with E-state index in [2.05, 4.69) is 5.32 Å². The molecule has 1 aromatic rings. The summed E-state index contributed by atoms with van der Waals surface area (Å²) in [7, 11) is 0. The van der Waals surface area contributed by atoms with Crippen LogP contribution in [0.25, 0.3) is 0 Å². The Balaban J connectivity index is 0.00000288. The molecule has 1 atom stereocenters. The van der Waals surface area contributed by atoms with Crippen LogP contribution in [0.2, 0.25) is 0 Å². The number of carbonyl (C=O) groups is 3. The molecule has 1 fully saturated rings. The standard InChI is InChI=1S/C17H23N3O3.ClH/c1-3-10-17(2,18)16(23)19-13-7-5-4-6-12(13)11-20-14(21)8-9-15(20)22;/h4-7H,3,8-11,18H2,1-2H3,(H,19,23);1H. The van der Waals surface area contributed by atoms with Crippen molar-refractivity contribution in [2.75, 3.05) is 5.32 Å². The number of nitrogens with one attached hydrogen (secondary N) is 1. The quantitative estimate of drug-likeness (QED) is 0.767. The first-order valence-electron chi connectivity index (χ1n) is 7.86. The van der Waals surface area contributed by atoms with Crippen molar-refractivity contribution in [2.45, 2.75) is 51.6 Å². The second-order valence-electron chi connectivity index (χ2n) is 6.15. The molecule has 1 aliphatic rings. The lowest BCUT2D eigenvalue weighted by Crippen LogP contribution is -2.48. The Morgan fingerprint density at radius 3 is 2.42 bits per heavy atom. The summed E-state index contributed by atoms with van der Waals surface area (Å²) in [6.07, 6.45) is 1.89. The lowest BCUT2D eigenvalue weighted by Gasteiger charge is -2.24. The minimum absolute atomic E-state index is 0. The van der Waals surface area contributed by atoms with Gasteiger partial charge in [0.25, 0.3) is 0 Å². The molecule has 0 aliphatic carbocycles. The van der Waals surface area contributed by atoms with E-state index in [1.807, 2.05) is 13.0 Å². The highest BCUT2D eigenvalue weighted by atomic mass is 35.5. The Labute approximate surface area is 148 Å². The number of rotatable bonds is 6. The second kappa shape index (κ2) is 8.26. The first-order valence-corrected chi connectivity index (χ1v) is 7.86. The number of benzene rings is 1. The fraction of sp³-hybridized carbons (Fsp3) is 0.471. The first-order chi connectivity index (χ1) is 10.8. The molecule has 1 aliphatic heterocycles. The number of likely N-dealkylation sites (tertiary alicyclic amines) is 1. The van der Waals surface area contributed by atoms with Gasteiger partial charge in [0.1, 0.15) is 0 Å². The normalized spacial score (nSPS) is 16.5. The molecular formula is C17H24ClN3O3. The Kier molecular flexibility index (Phi) is 6.93. The number of halogens is 1. The molecule has 0 spiro atoms. The van der Waals surface area contributed by atoms with Crippen LogP contribution >= 0.6 is 12.4 Å².